The van der Waals surface area contributed by atoms with Gasteiger partial charge in [0.05, 0.1) is 10.6 Å². The Morgan fingerprint density at radius 1 is 1.00 bits per heavy atom. The first-order chi connectivity index (χ1) is 13.3. The van der Waals surface area contributed by atoms with Crippen LogP contribution in [0.4, 0.5) is 5.69 Å². The van der Waals surface area contributed by atoms with E-state index in [9.17, 15) is 13.2 Å². The van der Waals surface area contributed by atoms with E-state index in [1.54, 1.807) is 42.5 Å². The summed E-state index contributed by atoms with van der Waals surface area (Å²) in [5, 5.41) is 2.89. The van der Waals surface area contributed by atoms with E-state index >= 15 is 0 Å². The first kappa shape index (κ1) is 22.0. The molecule has 0 unspecified atom stereocenters. The molecule has 1 N–H and O–H groups in total. The third kappa shape index (κ3) is 5.58. The van der Waals surface area contributed by atoms with Gasteiger partial charge >= 0.3 is 0 Å². The van der Waals surface area contributed by atoms with Gasteiger partial charge in [0.15, 0.2) is 0 Å². The standard InChI is InChI=1S/C22H30N2O3S/c1-5-9-18(4)23-22(25)16-24(20-14-12-19(13-15-20)17(2)3)28(26,27)21-10-7-6-8-11-21/h6-8,10-15,17-18H,5,9,16H2,1-4H3,(H,23,25)/t18-/m1/s1. The molecular formula is C22H30N2O3S. The Morgan fingerprint density at radius 2 is 1.61 bits per heavy atom. The van der Waals surface area contributed by atoms with Gasteiger partial charge in [-0.1, -0.05) is 57.5 Å². The largest absolute Gasteiger partial charge is 0.352 e. The lowest BCUT2D eigenvalue weighted by molar-refractivity contribution is -0.120. The highest BCUT2D eigenvalue weighted by atomic mass is 32.2. The summed E-state index contributed by atoms with van der Waals surface area (Å²) in [5.41, 5.74) is 1.59. The van der Waals surface area contributed by atoms with Gasteiger partial charge in [0.1, 0.15) is 6.54 Å². The van der Waals surface area contributed by atoms with Crippen molar-refractivity contribution >= 4 is 21.6 Å². The first-order valence-electron chi connectivity index (χ1n) is 9.72. The zero-order valence-electron chi connectivity index (χ0n) is 17.1. The van der Waals surface area contributed by atoms with Crippen molar-refractivity contribution in [2.24, 2.45) is 0 Å². The summed E-state index contributed by atoms with van der Waals surface area (Å²) in [6, 6.07) is 15.5. The fourth-order valence-corrected chi connectivity index (χ4v) is 4.46. The third-order valence-electron chi connectivity index (χ3n) is 4.60. The van der Waals surface area contributed by atoms with Crippen LogP contribution < -0.4 is 9.62 Å². The van der Waals surface area contributed by atoms with Crippen LogP contribution in [-0.2, 0) is 14.8 Å². The van der Waals surface area contributed by atoms with Crippen molar-refractivity contribution in [1.82, 2.24) is 5.32 Å². The summed E-state index contributed by atoms with van der Waals surface area (Å²) in [6.45, 7) is 7.87. The molecule has 0 aliphatic heterocycles. The van der Waals surface area contributed by atoms with Crippen molar-refractivity contribution in [2.75, 3.05) is 10.8 Å². The zero-order chi connectivity index (χ0) is 20.7. The van der Waals surface area contributed by atoms with E-state index in [2.05, 4.69) is 19.2 Å². The average molecular weight is 403 g/mol. The normalized spacial score (nSPS) is 12.6. The minimum Gasteiger partial charge on any atom is -0.352 e. The molecule has 0 aliphatic rings. The van der Waals surface area contributed by atoms with Crippen molar-refractivity contribution in [2.45, 2.75) is 57.4 Å². The molecule has 2 aromatic carbocycles. The monoisotopic (exact) mass is 402 g/mol. The SMILES string of the molecule is CCC[C@@H](C)NC(=O)CN(c1ccc(C(C)C)cc1)S(=O)(=O)c1ccccc1. The molecule has 0 aromatic heterocycles. The number of hydrogen-bond donors (Lipinski definition) is 1. The fourth-order valence-electron chi connectivity index (χ4n) is 3.02. The van der Waals surface area contributed by atoms with E-state index in [0.717, 1.165) is 18.4 Å². The van der Waals surface area contributed by atoms with Crippen molar-refractivity contribution in [3.8, 4) is 0 Å². The summed E-state index contributed by atoms with van der Waals surface area (Å²) in [7, 11) is -3.86. The Labute approximate surface area is 168 Å². The third-order valence-corrected chi connectivity index (χ3v) is 6.38. The molecule has 0 radical (unpaired) electrons. The number of carbonyl (C=O) groups is 1. The number of anilines is 1. The highest BCUT2D eigenvalue weighted by Gasteiger charge is 2.27. The number of rotatable bonds is 9. The van der Waals surface area contributed by atoms with Crippen LogP contribution in [0.3, 0.4) is 0 Å². The molecule has 5 nitrogen and oxygen atoms in total. The molecular weight excluding hydrogens is 372 g/mol. The lowest BCUT2D eigenvalue weighted by Crippen LogP contribution is -2.43. The Hall–Kier alpha value is -2.34. The van der Waals surface area contributed by atoms with Gasteiger partial charge in [-0.3, -0.25) is 9.10 Å². The summed E-state index contributed by atoms with van der Waals surface area (Å²) >= 11 is 0. The van der Waals surface area contributed by atoms with Crippen molar-refractivity contribution in [3.05, 3.63) is 60.2 Å². The van der Waals surface area contributed by atoms with Crippen LogP contribution >= 0.6 is 0 Å². The van der Waals surface area contributed by atoms with Gasteiger partial charge in [-0.25, -0.2) is 8.42 Å². The van der Waals surface area contributed by atoms with Gasteiger partial charge in [-0.2, -0.15) is 0 Å². The second-order valence-electron chi connectivity index (χ2n) is 7.33. The van der Waals surface area contributed by atoms with E-state index in [1.165, 1.54) is 4.31 Å². The topological polar surface area (TPSA) is 66.5 Å². The minimum atomic E-state index is -3.86. The maximum absolute atomic E-state index is 13.2. The van der Waals surface area contributed by atoms with Crippen LogP contribution in [0.5, 0.6) is 0 Å². The molecule has 0 fully saturated rings. The van der Waals surface area contributed by atoms with Gasteiger partial charge in [-0.15, -0.1) is 0 Å². The van der Waals surface area contributed by atoms with Crippen LogP contribution in [0, 0.1) is 0 Å². The summed E-state index contributed by atoms with van der Waals surface area (Å²) in [4.78, 5) is 12.7. The number of benzene rings is 2. The molecule has 0 saturated heterocycles. The van der Waals surface area contributed by atoms with Gasteiger partial charge < -0.3 is 5.32 Å². The lowest BCUT2D eigenvalue weighted by Gasteiger charge is -2.25. The van der Waals surface area contributed by atoms with Gasteiger partial charge in [0.25, 0.3) is 10.0 Å². The molecule has 0 aliphatic carbocycles. The molecule has 6 heteroatoms. The van der Waals surface area contributed by atoms with Crippen LogP contribution in [0.25, 0.3) is 0 Å². The number of hydrogen-bond acceptors (Lipinski definition) is 3. The second kappa shape index (κ2) is 9.73. The molecule has 152 valence electrons. The number of amides is 1. The second-order valence-corrected chi connectivity index (χ2v) is 9.19. The number of nitrogens with zero attached hydrogens (tertiary/aromatic N) is 1. The smallest absolute Gasteiger partial charge is 0.264 e. The first-order valence-corrected chi connectivity index (χ1v) is 11.2. The molecule has 1 atom stereocenters. The van der Waals surface area contributed by atoms with Crippen LogP contribution in [0.15, 0.2) is 59.5 Å². The van der Waals surface area contributed by atoms with Crippen molar-refractivity contribution < 1.29 is 13.2 Å². The Balaban J connectivity index is 2.36. The average Bonchev–Trinajstić information content (AvgIpc) is 2.67. The number of nitrogens with one attached hydrogen (secondary N) is 1. The van der Waals surface area contributed by atoms with E-state index in [-0.39, 0.29) is 23.4 Å². The summed E-state index contributed by atoms with van der Waals surface area (Å²) in [5.74, 6) is 0.0276. The molecule has 2 rings (SSSR count). The molecule has 0 saturated carbocycles. The van der Waals surface area contributed by atoms with Crippen LogP contribution in [0.1, 0.15) is 52.0 Å². The molecule has 28 heavy (non-hydrogen) atoms. The van der Waals surface area contributed by atoms with E-state index in [0.29, 0.717) is 11.6 Å². The lowest BCUT2D eigenvalue weighted by atomic mass is 10.0. The Kier molecular flexibility index (Phi) is 7.63. The zero-order valence-corrected chi connectivity index (χ0v) is 17.9. The minimum absolute atomic E-state index is 0.00194. The molecule has 2 aromatic rings. The van der Waals surface area contributed by atoms with Gasteiger partial charge in [0.2, 0.25) is 5.91 Å². The van der Waals surface area contributed by atoms with E-state index < -0.39 is 10.0 Å². The summed E-state index contributed by atoms with van der Waals surface area (Å²) in [6.07, 6.45) is 1.80. The van der Waals surface area contributed by atoms with E-state index in [1.807, 2.05) is 26.0 Å². The number of carbonyl (C=O) groups excluding carboxylic acids is 1. The number of sulfonamides is 1. The van der Waals surface area contributed by atoms with Crippen LogP contribution in [-0.4, -0.2) is 26.9 Å². The van der Waals surface area contributed by atoms with Crippen LogP contribution in [0.2, 0.25) is 0 Å². The van der Waals surface area contributed by atoms with Crippen molar-refractivity contribution in [3.63, 3.8) is 0 Å². The van der Waals surface area contributed by atoms with Crippen molar-refractivity contribution in [1.29, 1.82) is 0 Å². The summed E-state index contributed by atoms with van der Waals surface area (Å²) < 4.78 is 27.7. The van der Waals surface area contributed by atoms with Gasteiger partial charge in [-0.05, 0) is 49.1 Å². The van der Waals surface area contributed by atoms with Gasteiger partial charge in [0, 0.05) is 6.04 Å². The quantitative estimate of drug-likeness (QED) is 0.680. The van der Waals surface area contributed by atoms with E-state index in [4.69, 9.17) is 0 Å². The Bertz CT molecular complexity index is 862. The maximum atomic E-state index is 13.2. The molecule has 0 bridgehead atoms. The predicted molar refractivity (Wildman–Crippen MR) is 114 cm³/mol. The predicted octanol–water partition coefficient (Wildman–Crippen LogP) is 4.31. The fraction of sp³-hybridized carbons (Fsp3) is 0.409. The highest BCUT2D eigenvalue weighted by Crippen LogP contribution is 2.25. The molecule has 0 heterocycles. The maximum Gasteiger partial charge on any atom is 0.264 e. The molecule has 0 spiro atoms. The molecule has 1 amide bonds. The highest BCUT2D eigenvalue weighted by molar-refractivity contribution is 7.92. The Morgan fingerprint density at radius 3 is 2.14 bits per heavy atom.